The molecular weight excluding hydrogens is 220 g/mol. The van der Waals surface area contributed by atoms with Crippen molar-refractivity contribution >= 4 is 17.7 Å². The van der Waals surface area contributed by atoms with Crippen LogP contribution >= 0.6 is 11.8 Å². The van der Waals surface area contributed by atoms with Gasteiger partial charge in [0.2, 0.25) is 5.91 Å². The summed E-state index contributed by atoms with van der Waals surface area (Å²) >= 11 is 1.55. The lowest BCUT2D eigenvalue weighted by molar-refractivity contribution is -0.121. The second-order valence-corrected chi connectivity index (χ2v) is 5.32. The summed E-state index contributed by atoms with van der Waals surface area (Å²) in [5, 5.41) is -0.146. The zero-order valence-corrected chi connectivity index (χ0v) is 10.7. The maximum atomic E-state index is 11.6. The number of carbonyl (C=O) groups excluding carboxylic acids is 1. The number of hydrazine groups is 1. The van der Waals surface area contributed by atoms with Crippen molar-refractivity contribution in [1.29, 1.82) is 0 Å². The van der Waals surface area contributed by atoms with Gasteiger partial charge in [0.1, 0.15) is 0 Å². The van der Waals surface area contributed by atoms with Gasteiger partial charge < -0.3 is 0 Å². The maximum Gasteiger partial charge on any atom is 0.247 e. The number of hydrogen-bond donors (Lipinski definition) is 2. The number of thioether (sulfide) groups is 1. The van der Waals surface area contributed by atoms with E-state index in [1.54, 1.807) is 11.8 Å². The number of carbonyl (C=O) groups is 1. The number of rotatable bonds is 4. The Morgan fingerprint density at radius 3 is 2.62 bits per heavy atom. The number of amides is 1. The highest BCUT2D eigenvalue weighted by Crippen LogP contribution is 2.28. The molecule has 1 amide bonds. The molecule has 0 saturated carbocycles. The second-order valence-electron chi connectivity index (χ2n) is 4.11. The number of nitrogens with two attached hydrogens (primary N) is 1. The first-order chi connectivity index (χ1) is 7.54. The van der Waals surface area contributed by atoms with E-state index in [9.17, 15) is 4.79 Å². The number of hydrogen-bond acceptors (Lipinski definition) is 3. The zero-order chi connectivity index (χ0) is 12.1. The molecule has 0 bridgehead atoms. The molecule has 0 heterocycles. The van der Waals surface area contributed by atoms with E-state index in [-0.39, 0.29) is 17.1 Å². The topological polar surface area (TPSA) is 55.1 Å². The van der Waals surface area contributed by atoms with Crippen LogP contribution in [0.2, 0.25) is 0 Å². The van der Waals surface area contributed by atoms with Gasteiger partial charge in [-0.15, -0.1) is 11.8 Å². The van der Waals surface area contributed by atoms with Crippen LogP contribution in [0, 0.1) is 12.8 Å². The van der Waals surface area contributed by atoms with Crippen molar-refractivity contribution in [2.45, 2.75) is 30.9 Å². The van der Waals surface area contributed by atoms with Gasteiger partial charge in [0, 0.05) is 4.90 Å². The largest absolute Gasteiger partial charge is 0.293 e. The third kappa shape index (κ3) is 3.54. The number of nitrogens with one attached hydrogen (secondary N) is 1. The second kappa shape index (κ2) is 5.92. The van der Waals surface area contributed by atoms with Crippen LogP contribution in [0.25, 0.3) is 0 Å². The van der Waals surface area contributed by atoms with E-state index in [2.05, 4.69) is 11.5 Å². The first-order valence-corrected chi connectivity index (χ1v) is 6.16. The molecule has 1 unspecified atom stereocenters. The van der Waals surface area contributed by atoms with Crippen LogP contribution in [-0.4, -0.2) is 11.2 Å². The molecule has 1 aromatic rings. The van der Waals surface area contributed by atoms with E-state index in [1.807, 2.05) is 39.0 Å². The molecule has 88 valence electrons. The Bertz CT molecular complexity index is 366. The molecule has 0 aliphatic heterocycles. The minimum absolute atomic E-state index is 0.124. The standard InChI is InChI=1S/C12H18N2OS/c1-8(2)11(12(15)14-13)16-10-6-4-5-9(3)7-10/h4-8,11H,13H2,1-3H3,(H,14,15). The summed E-state index contributed by atoms with van der Waals surface area (Å²) < 4.78 is 0. The first kappa shape index (κ1) is 13.1. The van der Waals surface area contributed by atoms with Crippen LogP contribution in [0.3, 0.4) is 0 Å². The molecule has 0 spiro atoms. The van der Waals surface area contributed by atoms with Gasteiger partial charge in [-0.1, -0.05) is 31.5 Å². The molecule has 0 aromatic heterocycles. The average molecular weight is 238 g/mol. The quantitative estimate of drug-likeness (QED) is 0.365. The minimum atomic E-state index is -0.146. The van der Waals surface area contributed by atoms with Crippen molar-refractivity contribution in [3.63, 3.8) is 0 Å². The van der Waals surface area contributed by atoms with Crippen molar-refractivity contribution in [2.75, 3.05) is 0 Å². The van der Waals surface area contributed by atoms with Crippen LogP contribution in [-0.2, 0) is 4.79 Å². The molecule has 1 aromatic carbocycles. The fourth-order valence-corrected chi connectivity index (χ4v) is 2.56. The lowest BCUT2D eigenvalue weighted by Gasteiger charge is -2.18. The summed E-state index contributed by atoms with van der Waals surface area (Å²) in [6.45, 7) is 6.07. The summed E-state index contributed by atoms with van der Waals surface area (Å²) in [6, 6.07) is 8.12. The van der Waals surface area contributed by atoms with Crippen molar-refractivity contribution < 1.29 is 4.79 Å². The normalized spacial score (nSPS) is 12.6. The Kier molecular flexibility index (Phi) is 4.83. The lowest BCUT2D eigenvalue weighted by atomic mass is 10.1. The van der Waals surface area contributed by atoms with E-state index >= 15 is 0 Å². The molecule has 0 aliphatic carbocycles. The molecular formula is C12H18N2OS. The van der Waals surface area contributed by atoms with Crippen LogP contribution in [0.1, 0.15) is 19.4 Å². The number of aryl methyl sites for hydroxylation is 1. The molecule has 16 heavy (non-hydrogen) atoms. The Labute approximate surface area is 101 Å². The zero-order valence-electron chi connectivity index (χ0n) is 9.86. The van der Waals surface area contributed by atoms with Gasteiger partial charge in [0.05, 0.1) is 5.25 Å². The predicted octanol–water partition coefficient (Wildman–Crippen LogP) is 2.10. The lowest BCUT2D eigenvalue weighted by Crippen LogP contribution is -2.39. The van der Waals surface area contributed by atoms with Gasteiger partial charge in [-0.2, -0.15) is 0 Å². The van der Waals surface area contributed by atoms with Crippen LogP contribution in [0.4, 0.5) is 0 Å². The highest BCUT2D eigenvalue weighted by molar-refractivity contribution is 8.00. The van der Waals surface area contributed by atoms with Gasteiger partial charge in [0.25, 0.3) is 0 Å². The molecule has 1 rings (SSSR count). The fraction of sp³-hybridized carbons (Fsp3) is 0.417. The summed E-state index contributed by atoms with van der Waals surface area (Å²) in [4.78, 5) is 12.7. The van der Waals surface area contributed by atoms with Crippen molar-refractivity contribution in [3.8, 4) is 0 Å². The third-order valence-corrected chi connectivity index (χ3v) is 3.80. The van der Waals surface area contributed by atoms with Crippen molar-refractivity contribution in [2.24, 2.45) is 11.8 Å². The highest BCUT2D eigenvalue weighted by Gasteiger charge is 2.22. The first-order valence-electron chi connectivity index (χ1n) is 5.28. The van der Waals surface area contributed by atoms with Gasteiger partial charge in [-0.05, 0) is 25.0 Å². The van der Waals surface area contributed by atoms with Gasteiger partial charge in [-0.25, -0.2) is 5.84 Å². The fourth-order valence-electron chi connectivity index (χ4n) is 1.41. The average Bonchev–Trinajstić information content (AvgIpc) is 2.24. The van der Waals surface area contributed by atoms with E-state index in [0.717, 1.165) is 4.90 Å². The smallest absolute Gasteiger partial charge is 0.247 e. The van der Waals surface area contributed by atoms with Gasteiger partial charge in [0.15, 0.2) is 0 Å². The highest BCUT2D eigenvalue weighted by atomic mass is 32.2. The molecule has 0 aliphatic rings. The summed E-state index contributed by atoms with van der Waals surface area (Å²) in [5.41, 5.74) is 3.42. The SMILES string of the molecule is Cc1cccc(SC(C(=O)NN)C(C)C)c1. The summed E-state index contributed by atoms with van der Waals surface area (Å²) in [5.74, 6) is 5.30. The molecule has 3 N–H and O–H groups in total. The summed E-state index contributed by atoms with van der Waals surface area (Å²) in [7, 11) is 0. The van der Waals surface area contributed by atoms with Crippen LogP contribution in [0.5, 0.6) is 0 Å². The summed E-state index contributed by atoms with van der Waals surface area (Å²) in [6.07, 6.45) is 0. The Morgan fingerprint density at radius 2 is 2.12 bits per heavy atom. The van der Waals surface area contributed by atoms with E-state index < -0.39 is 0 Å². The Balaban J connectivity index is 2.79. The molecule has 4 heteroatoms. The molecule has 0 fully saturated rings. The molecule has 1 atom stereocenters. The number of benzene rings is 1. The van der Waals surface area contributed by atoms with E-state index in [0.29, 0.717) is 0 Å². The molecule has 0 radical (unpaired) electrons. The maximum absolute atomic E-state index is 11.6. The van der Waals surface area contributed by atoms with E-state index in [1.165, 1.54) is 5.56 Å². The van der Waals surface area contributed by atoms with Crippen LogP contribution < -0.4 is 11.3 Å². The molecule has 0 saturated heterocycles. The monoisotopic (exact) mass is 238 g/mol. The molecule has 3 nitrogen and oxygen atoms in total. The van der Waals surface area contributed by atoms with Crippen molar-refractivity contribution in [1.82, 2.24) is 5.43 Å². The van der Waals surface area contributed by atoms with Gasteiger partial charge >= 0.3 is 0 Å². The van der Waals surface area contributed by atoms with E-state index in [4.69, 9.17) is 5.84 Å². The predicted molar refractivity (Wildman–Crippen MR) is 68.0 cm³/mol. The Hall–Kier alpha value is -1.00. The van der Waals surface area contributed by atoms with Gasteiger partial charge in [-0.3, -0.25) is 10.2 Å². The van der Waals surface area contributed by atoms with Crippen molar-refractivity contribution in [3.05, 3.63) is 29.8 Å². The minimum Gasteiger partial charge on any atom is -0.293 e. The third-order valence-electron chi connectivity index (χ3n) is 2.26. The Morgan fingerprint density at radius 1 is 1.44 bits per heavy atom. The van der Waals surface area contributed by atoms with Crippen LogP contribution in [0.15, 0.2) is 29.2 Å².